The molecule has 0 bridgehead atoms. The van der Waals surface area contributed by atoms with E-state index in [0.717, 1.165) is 5.82 Å². The van der Waals surface area contributed by atoms with Crippen LogP contribution in [-0.4, -0.2) is 24.9 Å². The van der Waals surface area contributed by atoms with Crippen molar-refractivity contribution in [2.75, 3.05) is 19.0 Å². The third-order valence-corrected chi connectivity index (χ3v) is 1.47. The van der Waals surface area contributed by atoms with Gasteiger partial charge >= 0.3 is 0 Å². The predicted molar refractivity (Wildman–Crippen MR) is 49.6 cm³/mol. The summed E-state index contributed by atoms with van der Waals surface area (Å²) < 4.78 is 0. The summed E-state index contributed by atoms with van der Waals surface area (Å²) in [5.74, 6) is 0.807. The Balaban J connectivity index is 3.04. The number of hydrogen-bond donors (Lipinski definition) is 2. The van der Waals surface area contributed by atoms with Crippen molar-refractivity contribution in [3.8, 4) is 0 Å². The van der Waals surface area contributed by atoms with Crippen LogP contribution in [0, 0.1) is 5.41 Å². The summed E-state index contributed by atoms with van der Waals surface area (Å²) in [5, 5.41) is 7.17. The third-order valence-electron chi connectivity index (χ3n) is 1.47. The van der Waals surface area contributed by atoms with Gasteiger partial charge in [-0.2, -0.15) is 0 Å². The second kappa shape index (κ2) is 3.21. The minimum Gasteiger partial charge on any atom is -0.382 e. The summed E-state index contributed by atoms with van der Waals surface area (Å²) in [4.78, 5) is 6.02. The molecule has 0 saturated carbocycles. The number of pyridine rings is 1. The van der Waals surface area contributed by atoms with Gasteiger partial charge in [0.1, 0.15) is 17.3 Å². The van der Waals surface area contributed by atoms with E-state index in [9.17, 15) is 0 Å². The van der Waals surface area contributed by atoms with Crippen LogP contribution in [0.4, 0.5) is 5.82 Å². The summed E-state index contributed by atoms with van der Waals surface area (Å²) >= 11 is 0. The summed E-state index contributed by atoms with van der Waals surface area (Å²) in [6.45, 7) is 0. The van der Waals surface area contributed by atoms with E-state index in [1.54, 1.807) is 6.07 Å². The van der Waals surface area contributed by atoms with Gasteiger partial charge in [0.25, 0.3) is 0 Å². The second-order valence-corrected chi connectivity index (χ2v) is 2.69. The fraction of sp³-hybridized carbons (Fsp3) is 0.250. The molecule has 1 aromatic heterocycles. The number of amidine groups is 1. The van der Waals surface area contributed by atoms with Gasteiger partial charge in [-0.1, -0.05) is 6.07 Å². The van der Waals surface area contributed by atoms with E-state index in [-0.39, 0.29) is 5.84 Å². The van der Waals surface area contributed by atoms with E-state index in [2.05, 4.69) is 4.98 Å². The van der Waals surface area contributed by atoms with Crippen molar-refractivity contribution >= 4 is 11.7 Å². The largest absolute Gasteiger partial charge is 0.382 e. The molecule has 4 nitrogen and oxygen atoms in total. The normalized spacial score (nSPS) is 9.50. The second-order valence-electron chi connectivity index (χ2n) is 2.69. The molecule has 1 aromatic rings. The standard InChI is InChI=1S/C8H12N4/c1-12(2)7-5-3-4-6(11-7)8(9)10/h3-5H,1-2H3,(H3,9,10). The van der Waals surface area contributed by atoms with E-state index in [1.165, 1.54) is 0 Å². The van der Waals surface area contributed by atoms with Gasteiger partial charge in [-0.3, -0.25) is 5.41 Å². The number of nitrogen functional groups attached to an aromatic ring is 1. The Labute approximate surface area is 71.5 Å². The minimum atomic E-state index is -0.00120. The van der Waals surface area contributed by atoms with Crippen LogP contribution < -0.4 is 10.6 Å². The lowest BCUT2D eigenvalue weighted by molar-refractivity contribution is 1.06. The molecule has 1 rings (SSSR count). The lowest BCUT2D eigenvalue weighted by Gasteiger charge is -2.11. The molecule has 0 unspecified atom stereocenters. The van der Waals surface area contributed by atoms with Crippen molar-refractivity contribution in [1.29, 1.82) is 5.41 Å². The first-order valence-electron chi connectivity index (χ1n) is 3.60. The number of nitrogens with one attached hydrogen (secondary N) is 1. The van der Waals surface area contributed by atoms with Crippen molar-refractivity contribution in [2.45, 2.75) is 0 Å². The molecule has 0 fully saturated rings. The minimum absolute atomic E-state index is 0.00120. The van der Waals surface area contributed by atoms with Crippen LogP contribution >= 0.6 is 0 Å². The molecule has 0 saturated heterocycles. The lowest BCUT2D eigenvalue weighted by Crippen LogP contribution is -2.16. The topological polar surface area (TPSA) is 66.0 Å². The highest BCUT2D eigenvalue weighted by atomic mass is 15.1. The maximum atomic E-state index is 7.17. The summed E-state index contributed by atoms with van der Waals surface area (Å²) in [6, 6.07) is 5.42. The average molecular weight is 164 g/mol. The van der Waals surface area contributed by atoms with E-state index in [1.807, 2.05) is 31.1 Å². The first kappa shape index (κ1) is 8.52. The maximum absolute atomic E-state index is 7.17. The van der Waals surface area contributed by atoms with Crippen molar-refractivity contribution in [2.24, 2.45) is 5.73 Å². The Kier molecular flexibility index (Phi) is 2.28. The molecule has 0 aliphatic rings. The van der Waals surface area contributed by atoms with Crippen molar-refractivity contribution < 1.29 is 0 Å². The van der Waals surface area contributed by atoms with Crippen LogP contribution in [0.2, 0.25) is 0 Å². The molecule has 0 atom stereocenters. The predicted octanol–water partition coefficient (Wildman–Crippen LogP) is 0.432. The lowest BCUT2D eigenvalue weighted by atomic mass is 10.3. The van der Waals surface area contributed by atoms with Crippen molar-refractivity contribution in [3.05, 3.63) is 23.9 Å². The number of rotatable bonds is 2. The van der Waals surface area contributed by atoms with Crippen molar-refractivity contribution in [3.63, 3.8) is 0 Å². The van der Waals surface area contributed by atoms with Crippen LogP contribution in [0.25, 0.3) is 0 Å². The number of aromatic nitrogens is 1. The Morgan fingerprint density at radius 1 is 1.50 bits per heavy atom. The highest BCUT2D eigenvalue weighted by Gasteiger charge is 2.00. The van der Waals surface area contributed by atoms with Gasteiger partial charge in [-0.15, -0.1) is 0 Å². The van der Waals surface area contributed by atoms with E-state index < -0.39 is 0 Å². The van der Waals surface area contributed by atoms with Crippen LogP contribution in [0.15, 0.2) is 18.2 Å². The monoisotopic (exact) mass is 164 g/mol. The maximum Gasteiger partial charge on any atom is 0.141 e. The van der Waals surface area contributed by atoms with E-state index in [4.69, 9.17) is 11.1 Å². The zero-order valence-corrected chi connectivity index (χ0v) is 7.20. The fourth-order valence-electron chi connectivity index (χ4n) is 0.822. The smallest absolute Gasteiger partial charge is 0.141 e. The van der Waals surface area contributed by atoms with Crippen molar-refractivity contribution in [1.82, 2.24) is 4.98 Å². The highest BCUT2D eigenvalue weighted by Crippen LogP contribution is 2.06. The van der Waals surface area contributed by atoms with Gasteiger partial charge in [0.05, 0.1) is 0 Å². The first-order chi connectivity index (χ1) is 5.61. The first-order valence-corrected chi connectivity index (χ1v) is 3.60. The molecule has 4 heteroatoms. The van der Waals surface area contributed by atoms with Crippen LogP contribution in [0.1, 0.15) is 5.69 Å². The quantitative estimate of drug-likeness (QED) is 0.492. The molecule has 12 heavy (non-hydrogen) atoms. The molecule has 0 aliphatic heterocycles. The Morgan fingerprint density at radius 2 is 2.17 bits per heavy atom. The number of nitrogens with two attached hydrogens (primary N) is 1. The van der Waals surface area contributed by atoms with Gasteiger partial charge in [0.15, 0.2) is 0 Å². The molecular weight excluding hydrogens is 152 g/mol. The highest BCUT2D eigenvalue weighted by molar-refractivity contribution is 5.93. The van der Waals surface area contributed by atoms with Crippen LogP contribution in [0.5, 0.6) is 0 Å². The van der Waals surface area contributed by atoms with E-state index in [0.29, 0.717) is 5.69 Å². The molecular formula is C8H12N4. The summed E-state index contributed by atoms with van der Waals surface area (Å²) in [6.07, 6.45) is 0. The number of hydrogen-bond acceptors (Lipinski definition) is 3. The SMILES string of the molecule is CN(C)c1cccc(C(=N)N)n1. The van der Waals surface area contributed by atoms with Gasteiger partial charge in [-0.05, 0) is 12.1 Å². The zero-order valence-electron chi connectivity index (χ0n) is 7.20. The van der Waals surface area contributed by atoms with E-state index >= 15 is 0 Å². The van der Waals surface area contributed by atoms with Gasteiger partial charge in [-0.25, -0.2) is 4.98 Å². The van der Waals surface area contributed by atoms with Crippen LogP contribution in [0.3, 0.4) is 0 Å². The van der Waals surface area contributed by atoms with Gasteiger partial charge < -0.3 is 10.6 Å². The Morgan fingerprint density at radius 3 is 2.67 bits per heavy atom. The summed E-state index contributed by atoms with van der Waals surface area (Å²) in [5.41, 5.74) is 5.80. The molecule has 0 spiro atoms. The third kappa shape index (κ3) is 1.72. The molecule has 0 radical (unpaired) electrons. The molecule has 1 heterocycles. The summed E-state index contributed by atoms with van der Waals surface area (Å²) in [7, 11) is 3.79. The molecule has 0 aliphatic carbocycles. The average Bonchev–Trinajstić information content (AvgIpc) is 2.04. The number of anilines is 1. The Hall–Kier alpha value is -1.58. The molecule has 0 aromatic carbocycles. The fourth-order valence-corrected chi connectivity index (χ4v) is 0.822. The Bertz CT molecular complexity index is 293. The molecule has 0 amide bonds. The molecule has 64 valence electrons. The van der Waals surface area contributed by atoms with Crippen LogP contribution in [-0.2, 0) is 0 Å². The molecule has 3 N–H and O–H groups in total. The zero-order chi connectivity index (χ0) is 9.14. The number of nitrogens with zero attached hydrogens (tertiary/aromatic N) is 2. The van der Waals surface area contributed by atoms with Gasteiger partial charge in [0.2, 0.25) is 0 Å². The van der Waals surface area contributed by atoms with Gasteiger partial charge in [0, 0.05) is 14.1 Å².